The van der Waals surface area contributed by atoms with Crippen LogP contribution in [0, 0.1) is 6.92 Å². The third kappa shape index (κ3) is 4.35. The summed E-state index contributed by atoms with van der Waals surface area (Å²) in [5.41, 5.74) is 2.91. The SMILES string of the molecule is COc1cc(NC(=O)c2ccnc(Nc3ccccc3C)c2)c(OC)cc1Cl. The van der Waals surface area contributed by atoms with Crippen LogP contribution >= 0.6 is 11.6 Å². The first-order valence-corrected chi connectivity index (χ1v) is 8.91. The maximum absolute atomic E-state index is 12.7. The second-order valence-electron chi connectivity index (χ2n) is 6.01. The van der Waals surface area contributed by atoms with Crippen molar-refractivity contribution in [3.05, 3.63) is 70.9 Å². The third-order valence-electron chi connectivity index (χ3n) is 4.15. The highest BCUT2D eigenvalue weighted by atomic mass is 35.5. The van der Waals surface area contributed by atoms with Gasteiger partial charge in [-0.25, -0.2) is 4.98 Å². The summed E-state index contributed by atoms with van der Waals surface area (Å²) in [7, 11) is 3.01. The highest BCUT2D eigenvalue weighted by molar-refractivity contribution is 6.32. The number of aromatic nitrogens is 1. The summed E-state index contributed by atoms with van der Waals surface area (Å²) >= 11 is 6.11. The summed E-state index contributed by atoms with van der Waals surface area (Å²) in [6.45, 7) is 2.00. The molecule has 0 fully saturated rings. The van der Waals surface area contributed by atoms with Gasteiger partial charge >= 0.3 is 0 Å². The van der Waals surface area contributed by atoms with E-state index in [2.05, 4.69) is 15.6 Å². The number of anilines is 3. The van der Waals surface area contributed by atoms with Gasteiger partial charge in [0.05, 0.1) is 24.9 Å². The first kappa shape index (κ1) is 19.5. The summed E-state index contributed by atoms with van der Waals surface area (Å²) in [4.78, 5) is 17.0. The number of amides is 1. The van der Waals surface area contributed by atoms with E-state index in [-0.39, 0.29) is 5.91 Å². The molecular formula is C21H20ClN3O3. The summed E-state index contributed by atoms with van der Waals surface area (Å²) in [5, 5.41) is 6.44. The van der Waals surface area contributed by atoms with E-state index >= 15 is 0 Å². The summed E-state index contributed by atoms with van der Waals surface area (Å²) in [6.07, 6.45) is 1.58. The topological polar surface area (TPSA) is 72.5 Å². The Balaban J connectivity index is 1.83. The van der Waals surface area contributed by atoms with E-state index in [0.717, 1.165) is 11.3 Å². The number of hydrogen-bond acceptors (Lipinski definition) is 5. The molecule has 3 aromatic rings. The molecule has 0 saturated carbocycles. The number of rotatable bonds is 6. The lowest BCUT2D eigenvalue weighted by Crippen LogP contribution is -2.13. The second kappa shape index (κ2) is 8.63. The van der Waals surface area contributed by atoms with E-state index in [1.165, 1.54) is 14.2 Å². The lowest BCUT2D eigenvalue weighted by atomic mass is 10.2. The second-order valence-corrected chi connectivity index (χ2v) is 6.42. The van der Waals surface area contributed by atoms with Crippen molar-refractivity contribution in [3.63, 3.8) is 0 Å². The number of carbonyl (C=O) groups is 1. The number of carbonyl (C=O) groups excluding carboxylic acids is 1. The predicted octanol–water partition coefficient (Wildman–Crippen LogP) is 5.06. The van der Waals surface area contributed by atoms with Gasteiger partial charge in [0.15, 0.2) is 0 Å². The van der Waals surface area contributed by atoms with Crippen LogP contribution in [0.15, 0.2) is 54.7 Å². The molecular weight excluding hydrogens is 378 g/mol. The zero-order valence-corrected chi connectivity index (χ0v) is 16.5. The fourth-order valence-electron chi connectivity index (χ4n) is 2.64. The molecule has 144 valence electrons. The molecule has 0 aliphatic carbocycles. The highest BCUT2D eigenvalue weighted by Gasteiger charge is 2.14. The predicted molar refractivity (Wildman–Crippen MR) is 111 cm³/mol. The molecule has 0 spiro atoms. The van der Waals surface area contributed by atoms with E-state index < -0.39 is 0 Å². The quantitative estimate of drug-likeness (QED) is 0.608. The highest BCUT2D eigenvalue weighted by Crippen LogP contribution is 2.36. The average Bonchev–Trinajstić information content (AvgIpc) is 2.71. The number of halogens is 1. The molecule has 0 unspecified atom stereocenters. The van der Waals surface area contributed by atoms with Crippen LogP contribution in [0.5, 0.6) is 11.5 Å². The Bertz CT molecular complexity index is 1010. The maximum atomic E-state index is 12.7. The van der Waals surface area contributed by atoms with E-state index in [4.69, 9.17) is 21.1 Å². The Kier molecular flexibility index (Phi) is 6.01. The Labute approximate surface area is 168 Å². The van der Waals surface area contributed by atoms with Gasteiger partial charge in [-0.1, -0.05) is 29.8 Å². The molecule has 0 saturated heterocycles. The number of nitrogens with zero attached hydrogens (tertiary/aromatic N) is 1. The number of pyridine rings is 1. The van der Waals surface area contributed by atoms with Gasteiger partial charge in [0, 0.05) is 29.6 Å². The number of methoxy groups -OCH3 is 2. The molecule has 2 N–H and O–H groups in total. The fraction of sp³-hybridized carbons (Fsp3) is 0.143. The van der Waals surface area contributed by atoms with Crippen molar-refractivity contribution in [1.82, 2.24) is 4.98 Å². The molecule has 3 rings (SSSR count). The van der Waals surface area contributed by atoms with Crippen molar-refractivity contribution >= 4 is 34.7 Å². The summed E-state index contributed by atoms with van der Waals surface area (Å²) < 4.78 is 10.5. The van der Waals surface area contributed by atoms with Crippen LogP contribution in [0.4, 0.5) is 17.2 Å². The molecule has 0 atom stereocenters. The van der Waals surface area contributed by atoms with E-state index in [1.807, 2.05) is 31.2 Å². The van der Waals surface area contributed by atoms with E-state index in [9.17, 15) is 4.79 Å². The molecule has 0 radical (unpaired) electrons. The van der Waals surface area contributed by atoms with Crippen molar-refractivity contribution in [2.24, 2.45) is 0 Å². The van der Waals surface area contributed by atoms with Gasteiger partial charge in [-0.3, -0.25) is 4.79 Å². The minimum atomic E-state index is -0.307. The minimum absolute atomic E-state index is 0.307. The van der Waals surface area contributed by atoms with Crippen LogP contribution in [-0.4, -0.2) is 25.1 Å². The number of ether oxygens (including phenoxy) is 2. The van der Waals surface area contributed by atoms with E-state index in [0.29, 0.717) is 33.6 Å². The fourth-order valence-corrected chi connectivity index (χ4v) is 2.87. The Morgan fingerprint density at radius 1 is 1.00 bits per heavy atom. The van der Waals surface area contributed by atoms with Crippen LogP contribution in [0.2, 0.25) is 5.02 Å². The monoisotopic (exact) mass is 397 g/mol. The molecule has 0 bridgehead atoms. The number of hydrogen-bond donors (Lipinski definition) is 2. The van der Waals surface area contributed by atoms with Gasteiger partial charge in [0.25, 0.3) is 5.91 Å². The van der Waals surface area contributed by atoms with Crippen LogP contribution in [0.25, 0.3) is 0 Å². The third-order valence-corrected chi connectivity index (χ3v) is 4.45. The maximum Gasteiger partial charge on any atom is 0.255 e. The number of aryl methyl sites for hydroxylation is 1. The number of para-hydroxylation sites is 1. The molecule has 1 aromatic heterocycles. The van der Waals surface area contributed by atoms with Crippen LogP contribution < -0.4 is 20.1 Å². The minimum Gasteiger partial charge on any atom is -0.495 e. The lowest BCUT2D eigenvalue weighted by molar-refractivity contribution is 0.102. The standard InChI is InChI=1S/C21H20ClN3O3/c1-13-6-4-5-7-16(13)24-20-10-14(8-9-23-20)21(26)25-17-12-18(27-2)15(22)11-19(17)28-3/h4-12H,1-3H3,(H,23,24)(H,25,26). The molecule has 2 aromatic carbocycles. The summed E-state index contributed by atoms with van der Waals surface area (Å²) in [6, 6.07) is 14.4. The molecule has 28 heavy (non-hydrogen) atoms. The van der Waals surface area contributed by atoms with Gasteiger partial charge in [-0.05, 0) is 30.7 Å². The Morgan fingerprint density at radius 2 is 1.75 bits per heavy atom. The smallest absolute Gasteiger partial charge is 0.255 e. The normalized spacial score (nSPS) is 10.3. The van der Waals surface area contributed by atoms with Crippen molar-refractivity contribution in [2.45, 2.75) is 6.92 Å². The molecule has 1 amide bonds. The van der Waals surface area contributed by atoms with Crippen molar-refractivity contribution < 1.29 is 14.3 Å². The van der Waals surface area contributed by atoms with Crippen molar-refractivity contribution in [3.8, 4) is 11.5 Å². The Hall–Kier alpha value is -3.25. The van der Waals surface area contributed by atoms with Gasteiger partial charge in [0.2, 0.25) is 0 Å². The van der Waals surface area contributed by atoms with Crippen LogP contribution in [-0.2, 0) is 0 Å². The molecule has 7 heteroatoms. The van der Waals surface area contributed by atoms with Gasteiger partial charge in [-0.2, -0.15) is 0 Å². The largest absolute Gasteiger partial charge is 0.495 e. The van der Waals surface area contributed by atoms with Gasteiger partial charge in [0.1, 0.15) is 17.3 Å². The van der Waals surface area contributed by atoms with Crippen LogP contribution in [0.1, 0.15) is 15.9 Å². The first-order valence-electron chi connectivity index (χ1n) is 8.53. The van der Waals surface area contributed by atoms with E-state index in [1.54, 1.807) is 30.5 Å². The average molecular weight is 398 g/mol. The zero-order valence-electron chi connectivity index (χ0n) is 15.7. The lowest BCUT2D eigenvalue weighted by Gasteiger charge is -2.14. The summed E-state index contributed by atoms with van der Waals surface area (Å²) in [5.74, 6) is 1.14. The molecule has 1 heterocycles. The Morgan fingerprint density at radius 3 is 2.46 bits per heavy atom. The first-order chi connectivity index (χ1) is 13.5. The number of nitrogens with one attached hydrogen (secondary N) is 2. The molecule has 6 nitrogen and oxygen atoms in total. The molecule has 0 aliphatic rings. The van der Waals surface area contributed by atoms with Crippen molar-refractivity contribution in [1.29, 1.82) is 0 Å². The molecule has 0 aliphatic heterocycles. The van der Waals surface area contributed by atoms with Gasteiger partial charge < -0.3 is 20.1 Å². The van der Waals surface area contributed by atoms with Crippen LogP contribution in [0.3, 0.4) is 0 Å². The zero-order chi connectivity index (χ0) is 20.1. The van der Waals surface area contributed by atoms with Gasteiger partial charge in [-0.15, -0.1) is 0 Å². The number of benzene rings is 2. The van der Waals surface area contributed by atoms with Crippen molar-refractivity contribution in [2.75, 3.05) is 24.9 Å².